The topological polar surface area (TPSA) is 60.7 Å². The van der Waals surface area contributed by atoms with Crippen molar-refractivity contribution in [3.05, 3.63) is 122 Å². The summed E-state index contributed by atoms with van der Waals surface area (Å²) in [6.07, 6.45) is 0. The largest absolute Gasteiger partial charge is 0.507 e. The maximum atomic E-state index is 10.6. The lowest BCUT2D eigenvalue weighted by Crippen LogP contribution is -2.32. The molecule has 4 aromatic carbocycles. The van der Waals surface area contributed by atoms with Gasteiger partial charge >= 0.3 is 0 Å². The first-order chi connectivity index (χ1) is 16.5. The molecule has 0 spiro atoms. The molecule has 0 aliphatic rings. The van der Waals surface area contributed by atoms with E-state index < -0.39 is 5.41 Å². The van der Waals surface area contributed by atoms with Crippen molar-refractivity contribution in [2.45, 2.75) is 53.9 Å². The molecule has 0 unspecified atom stereocenters. The van der Waals surface area contributed by atoms with Crippen molar-refractivity contribution in [3.8, 4) is 17.2 Å². The summed E-state index contributed by atoms with van der Waals surface area (Å²) in [6, 6.07) is 20.9. The van der Waals surface area contributed by atoms with Crippen LogP contribution in [0.25, 0.3) is 0 Å². The maximum absolute atomic E-state index is 10.6. The van der Waals surface area contributed by atoms with Gasteiger partial charge in [-0.1, -0.05) is 66.2 Å². The highest BCUT2D eigenvalue weighted by Crippen LogP contribution is 2.49. The predicted molar refractivity (Wildman–Crippen MR) is 143 cm³/mol. The van der Waals surface area contributed by atoms with E-state index in [1.54, 1.807) is 0 Å². The van der Waals surface area contributed by atoms with Gasteiger partial charge in [0.2, 0.25) is 0 Å². The van der Waals surface area contributed by atoms with Crippen LogP contribution in [-0.2, 0) is 5.41 Å². The third kappa shape index (κ3) is 3.95. The van der Waals surface area contributed by atoms with Crippen LogP contribution in [0, 0.1) is 48.5 Å². The molecule has 0 atom stereocenters. The van der Waals surface area contributed by atoms with Crippen LogP contribution in [0.3, 0.4) is 0 Å². The summed E-state index contributed by atoms with van der Waals surface area (Å²) in [5.74, 6) is 0.882. The Morgan fingerprint density at radius 3 is 0.914 bits per heavy atom. The molecule has 0 aliphatic carbocycles. The van der Waals surface area contributed by atoms with Gasteiger partial charge in [0.1, 0.15) is 17.2 Å². The van der Waals surface area contributed by atoms with Gasteiger partial charge < -0.3 is 15.3 Å². The van der Waals surface area contributed by atoms with E-state index in [0.717, 1.165) is 61.2 Å². The van der Waals surface area contributed by atoms with Gasteiger partial charge in [0, 0.05) is 0 Å². The van der Waals surface area contributed by atoms with Crippen molar-refractivity contribution >= 4 is 0 Å². The Morgan fingerprint density at radius 2 is 0.657 bits per heavy atom. The maximum Gasteiger partial charge on any atom is 0.121 e. The van der Waals surface area contributed by atoms with Gasteiger partial charge in [-0.2, -0.15) is 0 Å². The van der Waals surface area contributed by atoms with Gasteiger partial charge in [-0.25, -0.2) is 0 Å². The molecule has 35 heavy (non-hydrogen) atoms. The lowest BCUT2D eigenvalue weighted by Gasteiger charge is -2.38. The third-order valence-corrected chi connectivity index (χ3v) is 7.26. The number of phenolic OH excluding ortho intramolecular Hbond substituents is 3. The molecule has 180 valence electrons. The molecule has 4 aromatic rings. The first kappa shape index (κ1) is 24.4. The van der Waals surface area contributed by atoms with Crippen molar-refractivity contribution < 1.29 is 15.3 Å². The molecule has 4 rings (SSSR count). The monoisotopic (exact) mass is 466 g/mol. The Balaban J connectivity index is 2.27. The normalized spacial score (nSPS) is 11.6. The molecule has 0 aliphatic heterocycles. The second-order valence-corrected chi connectivity index (χ2v) is 9.99. The minimum absolute atomic E-state index is 0.294. The smallest absolute Gasteiger partial charge is 0.121 e. The number of rotatable bonds is 4. The summed E-state index contributed by atoms with van der Waals surface area (Å²) in [7, 11) is 0. The summed E-state index contributed by atoms with van der Waals surface area (Å²) in [6.45, 7) is 13.6. The zero-order valence-corrected chi connectivity index (χ0v) is 21.6. The average Bonchev–Trinajstić information content (AvgIpc) is 2.80. The van der Waals surface area contributed by atoms with Crippen LogP contribution in [0.5, 0.6) is 17.2 Å². The van der Waals surface area contributed by atoms with E-state index in [1.807, 2.05) is 41.5 Å². The summed E-state index contributed by atoms with van der Waals surface area (Å²) in [4.78, 5) is 0. The number of aryl methyl sites for hydroxylation is 7. The van der Waals surface area contributed by atoms with Crippen molar-refractivity contribution in [1.29, 1.82) is 0 Å². The molecular weight excluding hydrogens is 432 g/mol. The zero-order chi connectivity index (χ0) is 25.7. The Hall–Kier alpha value is -3.72. The van der Waals surface area contributed by atoms with E-state index in [2.05, 4.69) is 67.6 Å². The van der Waals surface area contributed by atoms with E-state index in [4.69, 9.17) is 0 Å². The fraction of sp³-hybridized carbons (Fsp3) is 0.250. The Labute approximate surface area is 208 Å². The van der Waals surface area contributed by atoms with Crippen LogP contribution in [0.4, 0.5) is 0 Å². The van der Waals surface area contributed by atoms with Gasteiger partial charge in [0.25, 0.3) is 0 Å². The zero-order valence-electron chi connectivity index (χ0n) is 21.6. The van der Waals surface area contributed by atoms with Gasteiger partial charge in [-0.05, 0) is 104 Å². The van der Waals surface area contributed by atoms with Crippen molar-refractivity contribution in [3.63, 3.8) is 0 Å². The molecule has 3 heteroatoms. The van der Waals surface area contributed by atoms with Crippen LogP contribution in [0.1, 0.15) is 61.2 Å². The number of hydrogen-bond donors (Lipinski definition) is 3. The molecule has 0 amide bonds. The highest BCUT2D eigenvalue weighted by Gasteiger charge is 2.40. The van der Waals surface area contributed by atoms with Gasteiger partial charge in [0.15, 0.2) is 0 Å². The standard InChI is InChI=1S/C32H34O3/c1-18-8-10-25(11-9-18)32(26-12-19(2)29(33)20(3)13-26,27-14-21(4)30(34)22(5)15-27)28-16-23(6)31(35)24(7)17-28/h8-17,33-35H,1-7H3. The Bertz CT molecular complexity index is 1220. The first-order valence-corrected chi connectivity index (χ1v) is 12.0. The molecule has 0 radical (unpaired) electrons. The van der Waals surface area contributed by atoms with E-state index >= 15 is 0 Å². The van der Waals surface area contributed by atoms with Gasteiger partial charge in [0.05, 0.1) is 5.41 Å². The van der Waals surface area contributed by atoms with Crippen molar-refractivity contribution in [1.82, 2.24) is 0 Å². The van der Waals surface area contributed by atoms with E-state index in [9.17, 15) is 15.3 Å². The van der Waals surface area contributed by atoms with E-state index in [-0.39, 0.29) is 0 Å². The van der Waals surface area contributed by atoms with Crippen LogP contribution in [0.2, 0.25) is 0 Å². The second-order valence-electron chi connectivity index (χ2n) is 9.99. The van der Waals surface area contributed by atoms with Gasteiger partial charge in [-0.3, -0.25) is 0 Å². The minimum Gasteiger partial charge on any atom is -0.507 e. The van der Waals surface area contributed by atoms with Crippen LogP contribution >= 0.6 is 0 Å². The molecule has 0 bridgehead atoms. The fourth-order valence-electron chi connectivity index (χ4n) is 5.32. The molecule has 0 saturated heterocycles. The lowest BCUT2D eigenvalue weighted by atomic mass is 9.63. The van der Waals surface area contributed by atoms with Gasteiger partial charge in [-0.15, -0.1) is 0 Å². The summed E-state index contributed by atoms with van der Waals surface area (Å²) >= 11 is 0. The molecule has 0 aromatic heterocycles. The van der Waals surface area contributed by atoms with Crippen molar-refractivity contribution in [2.24, 2.45) is 0 Å². The average molecular weight is 467 g/mol. The molecule has 3 N–H and O–H groups in total. The second kappa shape index (κ2) is 8.81. The summed E-state index contributed by atoms with van der Waals surface area (Å²) in [5, 5.41) is 31.9. The summed E-state index contributed by atoms with van der Waals surface area (Å²) in [5.41, 5.74) is 9.35. The first-order valence-electron chi connectivity index (χ1n) is 12.0. The lowest BCUT2D eigenvalue weighted by molar-refractivity contribution is 0.465. The quantitative estimate of drug-likeness (QED) is 0.276. The van der Waals surface area contributed by atoms with Crippen LogP contribution < -0.4 is 0 Å². The van der Waals surface area contributed by atoms with E-state index in [0.29, 0.717) is 17.2 Å². The third-order valence-electron chi connectivity index (χ3n) is 7.26. The highest BCUT2D eigenvalue weighted by molar-refractivity contribution is 5.65. The molecular formula is C32H34O3. The molecule has 0 fully saturated rings. The fourth-order valence-corrected chi connectivity index (χ4v) is 5.32. The van der Waals surface area contributed by atoms with Crippen LogP contribution in [-0.4, -0.2) is 15.3 Å². The Kier molecular flexibility index (Phi) is 6.14. The Morgan fingerprint density at radius 1 is 0.400 bits per heavy atom. The predicted octanol–water partition coefficient (Wildman–Crippen LogP) is 7.35. The van der Waals surface area contributed by atoms with E-state index in [1.165, 1.54) is 0 Å². The SMILES string of the molecule is Cc1ccc(C(c2cc(C)c(O)c(C)c2)(c2cc(C)c(O)c(C)c2)c2cc(C)c(O)c(C)c2)cc1. The minimum atomic E-state index is -0.747. The number of benzene rings is 4. The van der Waals surface area contributed by atoms with Crippen molar-refractivity contribution in [2.75, 3.05) is 0 Å². The highest BCUT2D eigenvalue weighted by atomic mass is 16.3. The van der Waals surface area contributed by atoms with Crippen LogP contribution in [0.15, 0.2) is 60.7 Å². The molecule has 0 heterocycles. The summed E-state index contributed by atoms with van der Waals surface area (Å²) < 4.78 is 0. The molecule has 0 saturated carbocycles. The number of hydrogen-bond acceptors (Lipinski definition) is 3. The molecule has 3 nitrogen and oxygen atoms in total. The number of phenols is 3. The number of aromatic hydroxyl groups is 3.